The van der Waals surface area contributed by atoms with Crippen molar-refractivity contribution < 1.29 is 0 Å². The van der Waals surface area contributed by atoms with Gasteiger partial charge in [-0.05, 0) is 30.4 Å². The normalized spacial score (nSPS) is 17.7. The van der Waals surface area contributed by atoms with Gasteiger partial charge in [-0.25, -0.2) is 4.98 Å². The molecular weight excluding hydrogens is 280 g/mol. The van der Waals surface area contributed by atoms with Crippen LogP contribution < -0.4 is 0 Å². The molecule has 1 aliphatic heterocycles. The van der Waals surface area contributed by atoms with Gasteiger partial charge in [0.1, 0.15) is 5.82 Å². The maximum absolute atomic E-state index is 4.95. The second kappa shape index (κ2) is 5.09. The Hall–Kier alpha value is -2.35. The molecule has 2 aliphatic rings. The van der Waals surface area contributed by atoms with Crippen LogP contribution in [0.1, 0.15) is 31.2 Å². The molecule has 2 heterocycles. The van der Waals surface area contributed by atoms with Crippen LogP contribution in [0, 0.1) is 5.92 Å². The molecule has 114 valence electrons. The van der Waals surface area contributed by atoms with Crippen molar-refractivity contribution in [2.45, 2.75) is 32.2 Å². The number of hydrogen-bond acceptors (Lipinski definition) is 1. The molecule has 0 amide bonds. The Morgan fingerprint density at radius 3 is 2.57 bits per heavy atom. The molecule has 23 heavy (non-hydrogen) atoms. The van der Waals surface area contributed by atoms with Crippen molar-refractivity contribution in [2.24, 2.45) is 5.92 Å². The number of benzene rings is 2. The second-order valence-electron chi connectivity index (χ2n) is 6.80. The molecule has 0 radical (unpaired) electrons. The third-order valence-corrected chi connectivity index (χ3v) is 5.39. The standard InChI is InChI=1S/C21H20N2/c1-2-9-16(10-3-1)21-22-19-12-6-11-17-13-18(14-23(21)20(17)19)15-7-4-5-8-15/h1-3,6,9-13,15H,4-5,7-8,14H2. The first kappa shape index (κ1) is 13.1. The van der Waals surface area contributed by atoms with Crippen LogP contribution in [-0.4, -0.2) is 9.55 Å². The van der Waals surface area contributed by atoms with Crippen molar-refractivity contribution in [1.82, 2.24) is 9.55 Å². The predicted molar refractivity (Wildman–Crippen MR) is 95.1 cm³/mol. The zero-order valence-electron chi connectivity index (χ0n) is 13.2. The van der Waals surface area contributed by atoms with Crippen LogP contribution in [0.4, 0.5) is 0 Å². The highest BCUT2D eigenvalue weighted by Gasteiger charge is 2.25. The number of aromatic nitrogens is 2. The summed E-state index contributed by atoms with van der Waals surface area (Å²) in [6.07, 6.45) is 7.91. The summed E-state index contributed by atoms with van der Waals surface area (Å²) in [4.78, 5) is 4.95. The Balaban J connectivity index is 1.71. The van der Waals surface area contributed by atoms with E-state index in [0.717, 1.165) is 23.8 Å². The minimum absolute atomic E-state index is 0.768. The highest BCUT2D eigenvalue weighted by atomic mass is 15.1. The van der Waals surface area contributed by atoms with Crippen molar-refractivity contribution in [3.05, 3.63) is 59.7 Å². The fraction of sp³-hybridized carbons (Fsp3) is 0.286. The molecule has 0 bridgehead atoms. The van der Waals surface area contributed by atoms with Gasteiger partial charge in [0.05, 0.1) is 11.0 Å². The molecule has 2 nitrogen and oxygen atoms in total. The van der Waals surface area contributed by atoms with Gasteiger partial charge in [-0.1, -0.05) is 61.4 Å². The SMILES string of the molecule is C1=C(C2CCCC2)Cn2c(-c3ccccc3)nc3cccc1c32. The number of imidazole rings is 1. The zero-order valence-corrected chi connectivity index (χ0v) is 13.2. The molecule has 0 unspecified atom stereocenters. The molecule has 1 fully saturated rings. The van der Waals surface area contributed by atoms with Crippen molar-refractivity contribution >= 4 is 17.1 Å². The Kier molecular flexibility index (Phi) is 2.90. The largest absolute Gasteiger partial charge is 0.319 e. The van der Waals surface area contributed by atoms with E-state index in [2.05, 4.69) is 59.2 Å². The molecule has 1 saturated carbocycles. The fourth-order valence-corrected chi connectivity index (χ4v) is 4.26. The van der Waals surface area contributed by atoms with E-state index in [9.17, 15) is 0 Å². The van der Waals surface area contributed by atoms with E-state index in [1.165, 1.54) is 42.3 Å². The van der Waals surface area contributed by atoms with Gasteiger partial charge in [-0.3, -0.25) is 0 Å². The minimum atomic E-state index is 0.768. The number of hydrogen-bond donors (Lipinski definition) is 0. The van der Waals surface area contributed by atoms with Crippen LogP contribution in [-0.2, 0) is 6.54 Å². The first-order valence-corrected chi connectivity index (χ1v) is 8.65. The van der Waals surface area contributed by atoms with E-state index >= 15 is 0 Å². The van der Waals surface area contributed by atoms with Gasteiger partial charge >= 0.3 is 0 Å². The van der Waals surface area contributed by atoms with Crippen LogP contribution in [0.5, 0.6) is 0 Å². The van der Waals surface area contributed by atoms with E-state index in [0.29, 0.717) is 0 Å². The molecule has 0 saturated heterocycles. The first-order valence-electron chi connectivity index (χ1n) is 8.65. The van der Waals surface area contributed by atoms with Crippen molar-refractivity contribution in [1.29, 1.82) is 0 Å². The molecular formula is C21H20N2. The number of para-hydroxylation sites is 1. The highest BCUT2D eigenvalue weighted by Crippen LogP contribution is 2.38. The number of nitrogens with zero attached hydrogens (tertiary/aromatic N) is 2. The summed E-state index contributed by atoms with van der Waals surface area (Å²) in [5, 5.41) is 0. The van der Waals surface area contributed by atoms with Gasteiger partial charge in [0, 0.05) is 17.7 Å². The Bertz CT molecular complexity index is 896. The predicted octanol–water partition coefficient (Wildman–Crippen LogP) is 5.29. The lowest BCUT2D eigenvalue weighted by atomic mass is 9.93. The van der Waals surface area contributed by atoms with Crippen LogP contribution in [0.3, 0.4) is 0 Å². The van der Waals surface area contributed by atoms with Gasteiger partial charge < -0.3 is 4.57 Å². The van der Waals surface area contributed by atoms with Crippen LogP contribution in [0.25, 0.3) is 28.5 Å². The summed E-state index contributed by atoms with van der Waals surface area (Å²) < 4.78 is 2.44. The average Bonchev–Trinajstić information content (AvgIpc) is 3.25. The maximum atomic E-state index is 4.95. The number of allylic oxidation sites excluding steroid dienone is 1. The summed E-state index contributed by atoms with van der Waals surface area (Å²) in [5.74, 6) is 1.88. The zero-order chi connectivity index (χ0) is 15.2. The maximum Gasteiger partial charge on any atom is 0.141 e. The molecule has 0 spiro atoms. The molecule has 3 aromatic rings. The molecule has 0 N–H and O–H groups in total. The molecule has 2 heteroatoms. The van der Waals surface area contributed by atoms with Crippen molar-refractivity contribution in [2.75, 3.05) is 0 Å². The minimum Gasteiger partial charge on any atom is -0.319 e. The topological polar surface area (TPSA) is 17.8 Å². The summed E-state index contributed by atoms with van der Waals surface area (Å²) in [6, 6.07) is 17.1. The van der Waals surface area contributed by atoms with Crippen LogP contribution >= 0.6 is 0 Å². The Labute approximate surface area is 136 Å². The third kappa shape index (κ3) is 2.05. The molecule has 5 rings (SSSR count). The quantitative estimate of drug-likeness (QED) is 0.628. The smallest absolute Gasteiger partial charge is 0.141 e. The lowest BCUT2D eigenvalue weighted by Crippen LogP contribution is -2.13. The fourth-order valence-electron chi connectivity index (χ4n) is 4.26. The summed E-state index contributed by atoms with van der Waals surface area (Å²) in [6.45, 7) is 1.00. The van der Waals surface area contributed by atoms with Crippen LogP contribution in [0.2, 0.25) is 0 Å². The van der Waals surface area contributed by atoms with E-state index < -0.39 is 0 Å². The lowest BCUT2D eigenvalue weighted by molar-refractivity contribution is 0.593. The van der Waals surface area contributed by atoms with Gasteiger partial charge in [0.25, 0.3) is 0 Å². The second-order valence-corrected chi connectivity index (χ2v) is 6.80. The third-order valence-electron chi connectivity index (χ3n) is 5.39. The first-order chi connectivity index (χ1) is 11.4. The molecule has 2 aromatic carbocycles. The molecule has 1 aliphatic carbocycles. The highest BCUT2D eigenvalue weighted by molar-refractivity contribution is 5.90. The number of rotatable bonds is 2. The molecule has 1 aromatic heterocycles. The summed E-state index contributed by atoms with van der Waals surface area (Å²) in [5.41, 5.74) is 6.56. The Morgan fingerprint density at radius 1 is 0.913 bits per heavy atom. The average molecular weight is 300 g/mol. The van der Waals surface area contributed by atoms with Crippen molar-refractivity contribution in [3.63, 3.8) is 0 Å². The van der Waals surface area contributed by atoms with Crippen molar-refractivity contribution in [3.8, 4) is 11.4 Å². The Morgan fingerprint density at radius 2 is 1.74 bits per heavy atom. The monoisotopic (exact) mass is 300 g/mol. The van der Waals surface area contributed by atoms with E-state index in [4.69, 9.17) is 4.98 Å². The summed E-state index contributed by atoms with van der Waals surface area (Å²) >= 11 is 0. The van der Waals surface area contributed by atoms with Gasteiger partial charge in [-0.2, -0.15) is 0 Å². The lowest BCUT2D eigenvalue weighted by Gasteiger charge is -2.22. The summed E-state index contributed by atoms with van der Waals surface area (Å²) in [7, 11) is 0. The van der Waals surface area contributed by atoms with Gasteiger partial charge in [0.2, 0.25) is 0 Å². The van der Waals surface area contributed by atoms with Gasteiger partial charge in [-0.15, -0.1) is 0 Å². The van der Waals surface area contributed by atoms with E-state index in [1.807, 2.05) is 0 Å². The van der Waals surface area contributed by atoms with Gasteiger partial charge in [0.15, 0.2) is 0 Å². The van der Waals surface area contributed by atoms with E-state index in [1.54, 1.807) is 5.57 Å². The molecule has 0 atom stereocenters. The van der Waals surface area contributed by atoms with E-state index in [-0.39, 0.29) is 0 Å². The van der Waals surface area contributed by atoms with Crippen LogP contribution in [0.15, 0.2) is 54.1 Å².